The van der Waals surface area contributed by atoms with E-state index in [0.29, 0.717) is 5.76 Å². The summed E-state index contributed by atoms with van der Waals surface area (Å²) < 4.78 is 5.26. The van der Waals surface area contributed by atoms with E-state index in [1.807, 2.05) is 39.8 Å². The first-order valence-electron chi connectivity index (χ1n) is 11.3. The standard InChI is InChI=1S/C24H29N5O4S/c1-13(2)21(20-7-8-27-33-20)24(32)29-11-17(30)9-19(29)23(31)28-14(3)16-5-6-18(25-10-16)22-15(4)26-12-34-22/h5-8,10,12-14,17,19,21,30H,9,11H2,1-4H3,(H,28,31)/t14-,17+,19-,21+/m0/s1. The Labute approximate surface area is 202 Å². The van der Waals surface area contributed by atoms with Crippen LogP contribution in [0.4, 0.5) is 0 Å². The maximum atomic E-state index is 13.4. The van der Waals surface area contributed by atoms with Gasteiger partial charge >= 0.3 is 0 Å². The van der Waals surface area contributed by atoms with Gasteiger partial charge in [-0.15, -0.1) is 11.3 Å². The van der Waals surface area contributed by atoms with Crippen molar-refractivity contribution in [1.29, 1.82) is 0 Å². The molecule has 4 atom stereocenters. The largest absolute Gasteiger partial charge is 0.391 e. The van der Waals surface area contributed by atoms with Gasteiger partial charge in [0.15, 0.2) is 0 Å². The van der Waals surface area contributed by atoms with Gasteiger partial charge in [-0.2, -0.15) is 0 Å². The molecule has 1 aliphatic heterocycles. The molecule has 180 valence electrons. The van der Waals surface area contributed by atoms with Gasteiger partial charge in [0.25, 0.3) is 0 Å². The van der Waals surface area contributed by atoms with Crippen molar-refractivity contribution in [1.82, 2.24) is 25.3 Å². The minimum absolute atomic E-state index is 0.0624. The number of carbonyl (C=O) groups excluding carboxylic acids is 2. The normalized spacial score (nSPS) is 19.9. The number of aliphatic hydroxyl groups is 1. The van der Waals surface area contributed by atoms with Gasteiger partial charge in [-0.3, -0.25) is 14.6 Å². The number of likely N-dealkylation sites (tertiary alicyclic amines) is 1. The molecule has 1 aliphatic rings. The van der Waals surface area contributed by atoms with Crippen molar-refractivity contribution in [2.45, 2.75) is 58.2 Å². The molecule has 2 N–H and O–H groups in total. The van der Waals surface area contributed by atoms with Gasteiger partial charge < -0.3 is 19.8 Å². The van der Waals surface area contributed by atoms with E-state index < -0.39 is 18.1 Å². The lowest BCUT2D eigenvalue weighted by molar-refractivity contribution is -0.141. The molecule has 0 unspecified atom stereocenters. The minimum atomic E-state index is -0.763. The molecule has 3 aromatic rings. The van der Waals surface area contributed by atoms with Crippen molar-refractivity contribution >= 4 is 23.2 Å². The number of nitrogens with one attached hydrogen (secondary N) is 1. The number of aryl methyl sites for hydroxylation is 1. The van der Waals surface area contributed by atoms with E-state index in [9.17, 15) is 14.7 Å². The number of hydrogen-bond acceptors (Lipinski definition) is 8. The summed E-state index contributed by atoms with van der Waals surface area (Å²) in [5.74, 6) is -0.738. The molecule has 4 rings (SSSR count). The Morgan fingerprint density at radius 2 is 2.03 bits per heavy atom. The molecule has 4 heterocycles. The lowest BCUT2D eigenvalue weighted by atomic mass is 9.91. The molecule has 1 fully saturated rings. The second-order valence-electron chi connectivity index (χ2n) is 9.01. The van der Waals surface area contributed by atoms with Gasteiger partial charge in [-0.1, -0.05) is 25.1 Å². The zero-order valence-corrected chi connectivity index (χ0v) is 20.5. The van der Waals surface area contributed by atoms with Crippen LogP contribution in [-0.2, 0) is 9.59 Å². The Hall–Kier alpha value is -3.11. The number of rotatable bonds is 7. The topological polar surface area (TPSA) is 121 Å². The maximum absolute atomic E-state index is 13.4. The quantitative estimate of drug-likeness (QED) is 0.530. The number of carbonyl (C=O) groups is 2. The molecule has 34 heavy (non-hydrogen) atoms. The number of pyridine rings is 1. The Balaban J connectivity index is 1.47. The van der Waals surface area contributed by atoms with Crippen molar-refractivity contribution in [3.63, 3.8) is 0 Å². The van der Waals surface area contributed by atoms with Crippen molar-refractivity contribution in [2.24, 2.45) is 5.92 Å². The predicted molar refractivity (Wildman–Crippen MR) is 127 cm³/mol. The Morgan fingerprint density at radius 3 is 2.62 bits per heavy atom. The fourth-order valence-electron chi connectivity index (χ4n) is 4.34. The number of amides is 2. The molecule has 0 aromatic carbocycles. The third-order valence-corrected chi connectivity index (χ3v) is 7.14. The summed E-state index contributed by atoms with van der Waals surface area (Å²) >= 11 is 1.54. The van der Waals surface area contributed by atoms with Crippen molar-refractivity contribution in [3.8, 4) is 10.6 Å². The van der Waals surface area contributed by atoms with Crippen LogP contribution in [-0.4, -0.2) is 55.6 Å². The Bertz CT molecular complexity index is 1130. The summed E-state index contributed by atoms with van der Waals surface area (Å²) in [6.45, 7) is 7.75. The molecule has 0 radical (unpaired) electrons. The lowest BCUT2D eigenvalue weighted by Crippen LogP contribution is -2.48. The number of nitrogens with zero attached hydrogens (tertiary/aromatic N) is 4. The SMILES string of the molecule is Cc1ncsc1-c1ccc([C@H](C)NC(=O)[C@@H]2C[C@@H](O)CN2C(=O)[C@@H](c2ccno2)C(C)C)cn1. The summed E-state index contributed by atoms with van der Waals surface area (Å²) in [6, 6.07) is 4.43. The molecule has 0 saturated carbocycles. The van der Waals surface area contributed by atoms with Crippen LogP contribution in [0.5, 0.6) is 0 Å². The monoisotopic (exact) mass is 483 g/mol. The fourth-order valence-corrected chi connectivity index (χ4v) is 5.12. The molecular formula is C24H29N5O4S. The second kappa shape index (κ2) is 10.0. The third-order valence-electron chi connectivity index (χ3n) is 6.19. The molecule has 3 aromatic heterocycles. The zero-order chi connectivity index (χ0) is 24.4. The average molecular weight is 484 g/mol. The van der Waals surface area contributed by atoms with Gasteiger partial charge in [-0.25, -0.2) is 4.98 Å². The first-order chi connectivity index (χ1) is 16.3. The summed E-state index contributed by atoms with van der Waals surface area (Å²) in [6.07, 6.45) is 2.66. The Kier molecular flexibility index (Phi) is 7.08. The molecule has 0 aliphatic carbocycles. The van der Waals surface area contributed by atoms with Gasteiger partial charge in [0.05, 0.1) is 40.1 Å². The van der Waals surface area contributed by atoms with Gasteiger partial charge in [0.1, 0.15) is 17.7 Å². The van der Waals surface area contributed by atoms with E-state index in [2.05, 4.69) is 20.4 Å². The van der Waals surface area contributed by atoms with E-state index in [1.54, 1.807) is 17.8 Å². The summed E-state index contributed by atoms with van der Waals surface area (Å²) in [5.41, 5.74) is 4.40. The van der Waals surface area contributed by atoms with E-state index in [1.165, 1.54) is 22.4 Å². The third kappa shape index (κ3) is 4.88. The smallest absolute Gasteiger partial charge is 0.243 e. The summed E-state index contributed by atoms with van der Waals surface area (Å²) in [4.78, 5) is 37.9. The number of hydrogen-bond donors (Lipinski definition) is 2. The molecule has 10 heteroatoms. The number of β-amino-alcohol motifs (C(OH)–C–C–N with tert-alkyl or cyclic N) is 1. The highest BCUT2D eigenvalue weighted by atomic mass is 32.1. The van der Waals surface area contributed by atoms with Crippen molar-refractivity contribution in [3.05, 3.63) is 53.1 Å². The van der Waals surface area contributed by atoms with E-state index in [4.69, 9.17) is 4.52 Å². The molecule has 9 nitrogen and oxygen atoms in total. The van der Waals surface area contributed by atoms with Crippen molar-refractivity contribution < 1.29 is 19.2 Å². The highest BCUT2D eigenvalue weighted by molar-refractivity contribution is 7.13. The molecule has 0 bridgehead atoms. The van der Waals surface area contributed by atoms with Gasteiger partial charge in [0.2, 0.25) is 11.8 Å². The number of aliphatic hydroxyl groups excluding tert-OH is 1. The van der Waals surface area contributed by atoms with E-state index >= 15 is 0 Å². The van der Waals surface area contributed by atoms with E-state index in [-0.39, 0.29) is 36.7 Å². The molecule has 1 saturated heterocycles. The molecule has 2 amide bonds. The predicted octanol–water partition coefficient (Wildman–Crippen LogP) is 3.08. The van der Waals surface area contributed by atoms with Crippen LogP contribution >= 0.6 is 11.3 Å². The average Bonchev–Trinajstić information content (AvgIpc) is 3.55. The highest BCUT2D eigenvalue weighted by Gasteiger charge is 2.43. The van der Waals surface area contributed by atoms with Crippen LogP contribution < -0.4 is 5.32 Å². The van der Waals surface area contributed by atoms with Crippen molar-refractivity contribution in [2.75, 3.05) is 6.54 Å². The van der Waals surface area contributed by atoms with Gasteiger partial charge in [0, 0.05) is 25.2 Å². The Morgan fingerprint density at radius 1 is 1.24 bits per heavy atom. The van der Waals surface area contributed by atoms with Crippen LogP contribution in [0.1, 0.15) is 56.2 Å². The molecular weight excluding hydrogens is 454 g/mol. The lowest BCUT2D eigenvalue weighted by Gasteiger charge is -2.29. The number of aromatic nitrogens is 3. The van der Waals surface area contributed by atoms with Crippen LogP contribution in [0, 0.1) is 12.8 Å². The van der Waals surface area contributed by atoms with Crippen LogP contribution in [0.15, 0.2) is 40.6 Å². The highest BCUT2D eigenvalue weighted by Crippen LogP contribution is 2.31. The second-order valence-corrected chi connectivity index (χ2v) is 9.86. The first kappa shape index (κ1) is 24.0. The zero-order valence-electron chi connectivity index (χ0n) is 19.6. The van der Waals surface area contributed by atoms with Crippen LogP contribution in [0.3, 0.4) is 0 Å². The van der Waals surface area contributed by atoms with Gasteiger partial charge in [-0.05, 0) is 31.4 Å². The summed E-state index contributed by atoms with van der Waals surface area (Å²) in [7, 11) is 0. The fraction of sp³-hybridized carbons (Fsp3) is 0.458. The number of thiazole rings is 1. The minimum Gasteiger partial charge on any atom is -0.391 e. The first-order valence-corrected chi connectivity index (χ1v) is 12.2. The maximum Gasteiger partial charge on any atom is 0.243 e. The molecule has 0 spiro atoms. The van der Waals surface area contributed by atoms with Crippen LogP contribution in [0.2, 0.25) is 0 Å². The van der Waals surface area contributed by atoms with E-state index in [0.717, 1.165) is 21.8 Å². The summed E-state index contributed by atoms with van der Waals surface area (Å²) in [5, 5.41) is 17.0. The van der Waals surface area contributed by atoms with Crippen LogP contribution in [0.25, 0.3) is 10.6 Å².